The Morgan fingerprint density at radius 1 is 1.07 bits per heavy atom. The third-order valence-corrected chi connectivity index (χ3v) is 5.60. The summed E-state index contributed by atoms with van der Waals surface area (Å²) in [5, 5.41) is 0.982. The molecule has 5 rings (SSSR count). The van der Waals surface area contributed by atoms with Crippen molar-refractivity contribution >= 4 is 22.8 Å². The van der Waals surface area contributed by atoms with E-state index in [0.29, 0.717) is 31.9 Å². The summed E-state index contributed by atoms with van der Waals surface area (Å²) >= 11 is 0. The molecular weight excluding hydrogens is 366 g/mol. The Labute approximate surface area is 169 Å². The summed E-state index contributed by atoms with van der Waals surface area (Å²) in [6.45, 7) is 6.08. The second kappa shape index (κ2) is 7.40. The van der Waals surface area contributed by atoms with Gasteiger partial charge in [-0.05, 0) is 31.0 Å². The molecule has 0 N–H and O–H groups in total. The van der Waals surface area contributed by atoms with Gasteiger partial charge in [0.1, 0.15) is 0 Å². The van der Waals surface area contributed by atoms with Crippen molar-refractivity contribution in [3.8, 4) is 0 Å². The zero-order valence-electron chi connectivity index (χ0n) is 16.5. The van der Waals surface area contributed by atoms with Crippen LogP contribution in [0.3, 0.4) is 0 Å². The van der Waals surface area contributed by atoms with Gasteiger partial charge in [-0.25, -0.2) is 9.97 Å². The fourth-order valence-corrected chi connectivity index (χ4v) is 3.97. The normalized spacial score (nSPS) is 16.7. The Balaban J connectivity index is 1.43. The van der Waals surface area contributed by atoms with Gasteiger partial charge in [-0.15, -0.1) is 0 Å². The van der Waals surface area contributed by atoms with Gasteiger partial charge in [0.15, 0.2) is 0 Å². The fraction of sp³-hybridized carbons (Fsp3) is 0.364. The summed E-state index contributed by atoms with van der Waals surface area (Å²) in [5.41, 5.74) is 4.38. The number of morpholine rings is 1. The number of pyridine rings is 1. The number of benzene rings is 1. The minimum atomic E-state index is 0.00545. The Bertz CT molecular complexity index is 1080. The summed E-state index contributed by atoms with van der Waals surface area (Å²) in [7, 11) is 0. The topological polar surface area (TPSA) is 71.5 Å². The van der Waals surface area contributed by atoms with E-state index in [0.717, 1.165) is 53.3 Å². The molecule has 7 nitrogen and oxygen atoms in total. The van der Waals surface area contributed by atoms with Crippen molar-refractivity contribution < 1.29 is 9.53 Å². The maximum absolute atomic E-state index is 13.3. The number of nitrogens with zero attached hydrogens (tertiary/aromatic N) is 5. The number of para-hydroxylation sites is 1. The van der Waals surface area contributed by atoms with Gasteiger partial charge in [0.2, 0.25) is 5.95 Å². The number of rotatable bonds is 2. The van der Waals surface area contributed by atoms with Crippen LogP contribution in [-0.2, 0) is 17.7 Å². The molecule has 29 heavy (non-hydrogen) atoms. The Morgan fingerprint density at radius 2 is 1.93 bits per heavy atom. The van der Waals surface area contributed by atoms with Crippen molar-refractivity contribution in [1.82, 2.24) is 19.9 Å². The number of anilines is 1. The molecule has 0 atom stereocenters. The number of amides is 1. The van der Waals surface area contributed by atoms with E-state index < -0.39 is 0 Å². The molecule has 7 heteroatoms. The summed E-state index contributed by atoms with van der Waals surface area (Å²) in [6.07, 6.45) is 2.68. The predicted molar refractivity (Wildman–Crippen MR) is 110 cm³/mol. The summed E-state index contributed by atoms with van der Waals surface area (Å²) < 4.78 is 5.42. The van der Waals surface area contributed by atoms with Gasteiger partial charge >= 0.3 is 0 Å². The Kier molecular flexibility index (Phi) is 4.60. The maximum Gasteiger partial charge on any atom is 0.256 e. The molecule has 0 saturated carbocycles. The van der Waals surface area contributed by atoms with Crippen molar-refractivity contribution in [2.24, 2.45) is 0 Å². The highest BCUT2D eigenvalue weighted by molar-refractivity contribution is 6.05. The van der Waals surface area contributed by atoms with Crippen LogP contribution in [0.4, 0.5) is 5.95 Å². The fourth-order valence-electron chi connectivity index (χ4n) is 3.97. The number of aryl methyl sites for hydroxylation is 1. The van der Waals surface area contributed by atoms with Gasteiger partial charge in [0.05, 0.1) is 36.5 Å². The number of hydrogen-bond donors (Lipinski definition) is 0. The lowest BCUT2D eigenvalue weighted by atomic mass is 10.0. The summed E-state index contributed by atoms with van der Waals surface area (Å²) in [5.74, 6) is 0.731. The average molecular weight is 389 g/mol. The molecule has 2 aliphatic heterocycles. The molecule has 0 unspecified atom stereocenters. The Morgan fingerprint density at radius 3 is 2.79 bits per heavy atom. The molecule has 3 aromatic rings. The molecule has 0 radical (unpaired) electrons. The van der Waals surface area contributed by atoms with Gasteiger partial charge in [-0.1, -0.05) is 18.2 Å². The van der Waals surface area contributed by atoms with Crippen LogP contribution < -0.4 is 4.90 Å². The van der Waals surface area contributed by atoms with E-state index in [9.17, 15) is 4.79 Å². The first-order chi connectivity index (χ1) is 14.2. The third kappa shape index (κ3) is 3.42. The summed E-state index contributed by atoms with van der Waals surface area (Å²) in [4.78, 5) is 31.3. The van der Waals surface area contributed by atoms with E-state index in [-0.39, 0.29) is 5.91 Å². The number of hydrogen-bond acceptors (Lipinski definition) is 6. The predicted octanol–water partition coefficient (Wildman–Crippen LogP) is 2.37. The van der Waals surface area contributed by atoms with Gasteiger partial charge in [0.25, 0.3) is 5.91 Å². The molecule has 0 aliphatic carbocycles. The minimum Gasteiger partial charge on any atom is -0.378 e. The van der Waals surface area contributed by atoms with Crippen LogP contribution in [0.2, 0.25) is 0 Å². The number of fused-ring (bicyclic) bond motifs is 2. The zero-order chi connectivity index (χ0) is 19.8. The molecule has 1 aromatic carbocycles. The van der Waals surface area contributed by atoms with Crippen molar-refractivity contribution in [2.75, 3.05) is 37.7 Å². The van der Waals surface area contributed by atoms with Gasteiger partial charge < -0.3 is 14.5 Å². The standard InChI is InChI=1S/C22H23N5O2/c1-15-5-6-16-3-2-4-18(20(16)24-15)21(28)27-8-7-17-13-23-22(25-19(17)14-27)26-9-11-29-12-10-26/h2-6,13H,7-12,14H2,1H3. The highest BCUT2D eigenvalue weighted by Gasteiger charge is 2.26. The first-order valence-electron chi connectivity index (χ1n) is 10.0. The molecule has 1 saturated heterocycles. The van der Waals surface area contributed by atoms with Crippen LogP contribution in [0.25, 0.3) is 10.9 Å². The average Bonchev–Trinajstić information content (AvgIpc) is 2.78. The van der Waals surface area contributed by atoms with E-state index in [1.54, 1.807) is 0 Å². The van der Waals surface area contributed by atoms with E-state index in [1.807, 2.05) is 48.4 Å². The van der Waals surface area contributed by atoms with E-state index in [1.165, 1.54) is 0 Å². The number of ether oxygens (including phenoxy) is 1. The largest absolute Gasteiger partial charge is 0.378 e. The molecule has 2 aromatic heterocycles. The van der Waals surface area contributed by atoms with Crippen LogP contribution in [0, 0.1) is 6.92 Å². The van der Waals surface area contributed by atoms with E-state index in [2.05, 4.69) is 14.9 Å². The number of carbonyl (C=O) groups is 1. The molecule has 148 valence electrons. The lowest BCUT2D eigenvalue weighted by Crippen LogP contribution is -2.39. The lowest BCUT2D eigenvalue weighted by Gasteiger charge is -2.31. The number of aromatic nitrogens is 3. The van der Waals surface area contributed by atoms with Crippen molar-refractivity contribution in [1.29, 1.82) is 0 Å². The van der Waals surface area contributed by atoms with Gasteiger partial charge in [-0.2, -0.15) is 0 Å². The van der Waals surface area contributed by atoms with Crippen molar-refractivity contribution in [2.45, 2.75) is 19.9 Å². The van der Waals surface area contributed by atoms with Crippen LogP contribution in [0.15, 0.2) is 36.5 Å². The van der Waals surface area contributed by atoms with Crippen molar-refractivity contribution in [3.05, 3.63) is 59.0 Å². The quantitative estimate of drug-likeness (QED) is 0.670. The molecule has 1 fully saturated rings. The molecule has 0 bridgehead atoms. The third-order valence-electron chi connectivity index (χ3n) is 5.60. The van der Waals surface area contributed by atoms with Crippen LogP contribution in [0.5, 0.6) is 0 Å². The highest BCUT2D eigenvalue weighted by Crippen LogP contribution is 2.24. The molecule has 1 amide bonds. The molecule has 0 spiro atoms. The smallest absolute Gasteiger partial charge is 0.256 e. The molecule has 4 heterocycles. The lowest BCUT2D eigenvalue weighted by molar-refractivity contribution is 0.0733. The van der Waals surface area contributed by atoms with Crippen LogP contribution >= 0.6 is 0 Å². The van der Waals surface area contributed by atoms with Gasteiger partial charge in [-0.3, -0.25) is 9.78 Å². The van der Waals surface area contributed by atoms with E-state index >= 15 is 0 Å². The second-order valence-electron chi connectivity index (χ2n) is 7.55. The van der Waals surface area contributed by atoms with Crippen molar-refractivity contribution in [3.63, 3.8) is 0 Å². The first kappa shape index (κ1) is 18.0. The SMILES string of the molecule is Cc1ccc2cccc(C(=O)N3CCc4cnc(N5CCOCC5)nc4C3)c2n1. The molecule has 2 aliphatic rings. The highest BCUT2D eigenvalue weighted by atomic mass is 16.5. The summed E-state index contributed by atoms with van der Waals surface area (Å²) in [6, 6.07) is 9.76. The van der Waals surface area contributed by atoms with Crippen LogP contribution in [0.1, 0.15) is 27.3 Å². The zero-order valence-corrected chi connectivity index (χ0v) is 16.5. The maximum atomic E-state index is 13.3. The molecular formula is C22H23N5O2. The number of carbonyl (C=O) groups excluding carboxylic acids is 1. The van der Waals surface area contributed by atoms with E-state index in [4.69, 9.17) is 9.72 Å². The minimum absolute atomic E-state index is 0.00545. The monoisotopic (exact) mass is 389 g/mol. The van der Waals surface area contributed by atoms with Gasteiger partial charge in [0, 0.05) is 36.9 Å². The second-order valence-corrected chi connectivity index (χ2v) is 7.55. The first-order valence-corrected chi connectivity index (χ1v) is 10.0. The van der Waals surface area contributed by atoms with Crippen LogP contribution in [-0.4, -0.2) is 58.6 Å². The Hall–Kier alpha value is -3.06.